The monoisotopic (exact) mass is 344 g/mol. The van der Waals surface area contributed by atoms with Crippen molar-refractivity contribution in [2.45, 2.75) is 13.8 Å². The predicted molar refractivity (Wildman–Crippen MR) is 120 cm³/mol. The molecule has 0 fully saturated rings. The lowest BCUT2D eigenvalue weighted by atomic mass is 10.2. The first-order valence-electron chi connectivity index (χ1n) is 8.56. The van der Waals surface area contributed by atoms with Gasteiger partial charge in [-0.15, -0.1) is 13.2 Å². The van der Waals surface area contributed by atoms with Crippen LogP contribution in [0.3, 0.4) is 0 Å². The minimum Gasteiger partial charge on any atom is -0.106 e. The molecule has 26 heavy (non-hydrogen) atoms. The molecule has 4 radical (unpaired) electrons. The lowest BCUT2D eigenvalue weighted by Crippen LogP contribution is -1.70. The van der Waals surface area contributed by atoms with Crippen LogP contribution in [0.4, 0.5) is 0 Å². The van der Waals surface area contributed by atoms with Gasteiger partial charge >= 0.3 is 0 Å². The van der Waals surface area contributed by atoms with Gasteiger partial charge in [-0.3, -0.25) is 0 Å². The molecule has 136 valence electrons. The smallest absolute Gasteiger partial charge is 0.0238 e. The minimum atomic E-state index is 1.04. The second-order valence-corrected chi connectivity index (χ2v) is 4.79. The van der Waals surface area contributed by atoms with Crippen molar-refractivity contribution >= 4 is 0 Å². The fourth-order valence-electron chi connectivity index (χ4n) is 1.50. The summed E-state index contributed by atoms with van der Waals surface area (Å²) in [5.41, 5.74) is 4.22. The molecule has 0 atom stereocenters. The van der Waals surface area contributed by atoms with Gasteiger partial charge in [0, 0.05) is 0 Å². The van der Waals surface area contributed by atoms with Crippen LogP contribution in [-0.4, -0.2) is 0 Å². The van der Waals surface area contributed by atoms with E-state index in [9.17, 15) is 0 Å². The van der Waals surface area contributed by atoms with E-state index in [1.54, 1.807) is 0 Å². The average Bonchev–Trinajstić information content (AvgIpc) is 2.70. The van der Waals surface area contributed by atoms with Crippen LogP contribution in [0.5, 0.6) is 0 Å². The zero-order chi connectivity index (χ0) is 20.2. The number of hydrogen-bond acceptors (Lipinski definition) is 0. The van der Waals surface area contributed by atoms with Crippen molar-refractivity contribution in [2.75, 3.05) is 0 Å². The van der Waals surface area contributed by atoms with E-state index in [1.807, 2.05) is 98.8 Å². The Morgan fingerprint density at radius 1 is 0.385 bits per heavy atom. The number of benzene rings is 3. The molecule has 0 aliphatic heterocycles. The van der Waals surface area contributed by atoms with E-state index in [2.05, 4.69) is 40.9 Å². The van der Waals surface area contributed by atoms with Crippen LogP contribution < -0.4 is 0 Å². The van der Waals surface area contributed by atoms with Crippen molar-refractivity contribution < 1.29 is 0 Å². The van der Waals surface area contributed by atoms with Crippen LogP contribution in [0.25, 0.3) is 0 Å². The second-order valence-electron chi connectivity index (χ2n) is 4.79. The van der Waals surface area contributed by atoms with Gasteiger partial charge in [-0.05, 0) is 49.9 Å². The van der Waals surface area contributed by atoms with Crippen molar-refractivity contribution in [2.24, 2.45) is 0 Å². The molecule has 3 aromatic rings. The minimum absolute atomic E-state index is 1.04. The van der Waals surface area contributed by atoms with Gasteiger partial charge < -0.3 is 0 Å². The Kier molecular flexibility index (Phi) is 18.5. The van der Waals surface area contributed by atoms with Gasteiger partial charge in [-0.1, -0.05) is 98.8 Å². The fraction of sp³-hybridized carbons (Fsp3) is 0.0769. The lowest BCUT2D eigenvalue weighted by Gasteiger charge is -1.89. The Balaban J connectivity index is 0. The summed E-state index contributed by atoms with van der Waals surface area (Å²) in [5, 5.41) is 0. The molecule has 0 amide bonds. The maximum absolute atomic E-state index is 3.73. The second kappa shape index (κ2) is 18.7. The summed E-state index contributed by atoms with van der Waals surface area (Å²) in [6, 6.07) is 27.5. The fourth-order valence-corrected chi connectivity index (χ4v) is 1.50. The molecule has 3 rings (SSSR count). The molecule has 0 nitrogen and oxygen atoms in total. The SMILES string of the molecule is C=C.CC.[CH2]c1ccc([CH2])cc1.[CH2]c1ccccc1.[CH2]c1ccccc1. The maximum atomic E-state index is 3.73. The van der Waals surface area contributed by atoms with Crippen LogP contribution in [-0.2, 0) is 0 Å². The standard InChI is InChI=1S/C8H8.2C7H7.C2H6.C2H4/c1-7-3-5-8(2)6-4-7;2*1-7-5-3-2-4-6-7;2*1-2/h3-6H,1-2H2;2*2-6H,1H2;1-2H3;1-2H2. The van der Waals surface area contributed by atoms with Crippen molar-refractivity contribution in [3.63, 3.8) is 0 Å². The van der Waals surface area contributed by atoms with E-state index >= 15 is 0 Å². The summed E-state index contributed by atoms with van der Waals surface area (Å²) in [5.74, 6) is 0. The molecule has 0 spiro atoms. The molecular weight excluding hydrogens is 312 g/mol. The first-order chi connectivity index (χ1) is 12.6. The van der Waals surface area contributed by atoms with E-state index < -0.39 is 0 Å². The van der Waals surface area contributed by atoms with Gasteiger partial charge in [-0.2, -0.15) is 0 Å². The van der Waals surface area contributed by atoms with Gasteiger partial charge in [0.05, 0.1) is 0 Å². The molecule has 0 aliphatic rings. The first-order valence-corrected chi connectivity index (χ1v) is 8.56. The van der Waals surface area contributed by atoms with Crippen molar-refractivity contribution in [3.8, 4) is 0 Å². The van der Waals surface area contributed by atoms with Crippen LogP contribution in [0.2, 0.25) is 0 Å². The molecule has 0 aromatic heterocycles. The van der Waals surface area contributed by atoms with Crippen molar-refractivity contribution in [3.05, 3.63) is 148 Å². The summed E-state index contributed by atoms with van der Waals surface area (Å²) in [6.45, 7) is 24.9. The molecule has 0 aliphatic carbocycles. The van der Waals surface area contributed by atoms with Crippen LogP contribution in [0, 0.1) is 27.7 Å². The highest BCUT2D eigenvalue weighted by Crippen LogP contribution is 1.99. The quantitative estimate of drug-likeness (QED) is 0.368. The van der Waals surface area contributed by atoms with Crippen LogP contribution >= 0.6 is 0 Å². The predicted octanol–water partition coefficient (Wildman–Crippen LogP) is 7.62. The molecule has 0 heterocycles. The van der Waals surface area contributed by atoms with Crippen LogP contribution in [0.1, 0.15) is 36.1 Å². The first kappa shape index (κ1) is 25.6. The summed E-state index contributed by atoms with van der Waals surface area (Å²) >= 11 is 0. The summed E-state index contributed by atoms with van der Waals surface area (Å²) in [7, 11) is 0. The van der Waals surface area contributed by atoms with Gasteiger partial charge in [-0.25, -0.2) is 0 Å². The Labute approximate surface area is 162 Å². The third kappa shape index (κ3) is 16.3. The third-order valence-electron chi connectivity index (χ3n) is 2.71. The molecule has 0 bridgehead atoms. The van der Waals surface area contributed by atoms with E-state index in [4.69, 9.17) is 0 Å². The van der Waals surface area contributed by atoms with Gasteiger partial charge in [0.2, 0.25) is 0 Å². The highest BCUT2D eigenvalue weighted by Gasteiger charge is 1.80. The number of hydrogen-bond donors (Lipinski definition) is 0. The van der Waals surface area contributed by atoms with Gasteiger partial charge in [0.1, 0.15) is 0 Å². The Bertz CT molecular complexity index is 563. The molecule has 0 heteroatoms. The van der Waals surface area contributed by atoms with E-state index in [-0.39, 0.29) is 0 Å². The Morgan fingerprint density at radius 2 is 0.577 bits per heavy atom. The molecule has 0 saturated heterocycles. The maximum Gasteiger partial charge on any atom is -0.0238 e. The van der Waals surface area contributed by atoms with Gasteiger partial charge in [0.15, 0.2) is 0 Å². The molecule has 0 unspecified atom stereocenters. The third-order valence-corrected chi connectivity index (χ3v) is 2.71. The van der Waals surface area contributed by atoms with Crippen molar-refractivity contribution in [1.82, 2.24) is 0 Å². The summed E-state index contributed by atoms with van der Waals surface area (Å²) < 4.78 is 0. The van der Waals surface area contributed by atoms with Crippen molar-refractivity contribution in [1.29, 1.82) is 0 Å². The van der Waals surface area contributed by atoms with E-state index in [0.29, 0.717) is 0 Å². The zero-order valence-corrected chi connectivity index (χ0v) is 16.3. The molecule has 0 N–H and O–H groups in total. The summed E-state index contributed by atoms with van der Waals surface area (Å²) in [6.07, 6.45) is 0. The van der Waals surface area contributed by atoms with Gasteiger partial charge in [0.25, 0.3) is 0 Å². The van der Waals surface area contributed by atoms with E-state index in [0.717, 1.165) is 22.3 Å². The average molecular weight is 345 g/mol. The topological polar surface area (TPSA) is 0 Å². The highest BCUT2D eigenvalue weighted by molar-refractivity contribution is 5.25. The molecule has 3 aromatic carbocycles. The zero-order valence-electron chi connectivity index (χ0n) is 16.3. The molecular formula is C26H32. The van der Waals surface area contributed by atoms with E-state index in [1.165, 1.54) is 0 Å². The largest absolute Gasteiger partial charge is 0.106 e. The lowest BCUT2D eigenvalue weighted by molar-refractivity contribution is 1.50. The number of rotatable bonds is 0. The Morgan fingerprint density at radius 3 is 0.731 bits per heavy atom. The van der Waals surface area contributed by atoms with Crippen LogP contribution in [0.15, 0.2) is 98.1 Å². The summed E-state index contributed by atoms with van der Waals surface area (Å²) in [4.78, 5) is 0. The Hall–Kier alpha value is -2.60. The highest BCUT2D eigenvalue weighted by atomic mass is 13.9. The normalized spacial score (nSPS) is 7.92. The molecule has 0 saturated carbocycles.